The number of nitrogens with zero attached hydrogens (tertiary/aromatic N) is 4. The molecular formula is C29H36N6O. The minimum absolute atomic E-state index is 0.617. The predicted octanol–water partition coefficient (Wildman–Crippen LogP) is 5.70. The average Bonchev–Trinajstić information content (AvgIpc) is 3.33. The van der Waals surface area contributed by atoms with E-state index < -0.39 is 0 Å². The molecular weight excluding hydrogens is 448 g/mol. The van der Waals surface area contributed by atoms with Crippen molar-refractivity contribution in [2.24, 2.45) is 0 Å². The molecule has 5 rings (SSSR count). The number of ether oxygens (including phenoxy) is 1. The number of aromatic amines is 1. The van der Waals surface area contributed by atoms with Crippen LogP contribution in [0.5, 0.6) is 0 Å². The molecule has 4 aromatic rings. The number of rotatable bonds is 10. The summed E-state index contributed by atoms with van der Waals surface area (Å²) in [5, 5.41) is 4.79. The van der Waals surface area contributed by atoms with Gasteiger partial charge in [-0.1, -0.05) is 35.9 Å². The Morgan fingerprint density at radius 1 is 1.00 bits per heavy atom. The zero-order valence-electron chi connectivity index (χ0n) is 21.3. The first-order valence-electron chi connectivity index (χ1n) is 13.0. The number of aryl methyl sites for hydroxylation is 1. The molecule has 1 fully saturated rings. The van der Waals surface area contributed by atoms with Gasteiger partial charge in [-0.15, -0.1) is 0 Å². The van der Waals surface area contributed by atoms with E-state index in [9.17, 15) is 0 Å². The van der Waals surface area contributed by atoms with Crippen molar-refractivity contribution in [1.29, 1.82) is 0 Å². The third-order valence-electron chi connectivity index (χ3n) is 6.88. The summed E-state index contributed by atoms with van der Waals surface area (Å²) in [6.45, 7) is 6.32. The van der Waals surface area contributed by atoms with E-state index in [1.807, 2.05) is 0 Å². The number of H-pyrrole nitrogens is 1. The third-order valence-corrected chi connectivity index (χ3v) is 6.88. The van der Waals surface area contributed by atoms with Gasteiger partial charge in [0, 0.05) is 62.1 Å². The molecule has 0 amide bonds. The largest absolute Gasteiger partial charge is 0.383 e. The fourth-order valence-corrected chi connectivity index (χ4v) is 4.80. The van der Waals surface area contributed by atoms with Crippen molar-refractivity contribution in [2.45, 2.75) is 32.6 Å². The molecule has 0 spiro atoms. The number of hydrogen-bond acceptors (Lipinski definition) is 6. The second kappa shape index (κ2) is 11.4. The van der Waals surface area contributed by atoms with Gasteiger partial charge in [0.15, 0.2) is 0 Å². The lowest BCUT2D eigenvalue weighted by Crippen LogP contribution is -2.33. The molecule has 2 aromatic heterocycles. The van der Waals surface area contributed by atoms with Gasteiger partial charge in [0.2, 0.25) is 5.95 Å². The zero-order valence-corrected chi connectivity index (χ0v) is 21.3. The van der Waals surface area contributed by atoms with Gasteiger partial charge in [0.1, 0.15) is 11.6 Å². The summed E-state index contributed by atoms with van der Waals surface area (Å²) in [6, 6.07) is 19.0. The van der Waals surface area contributed by atoms with Crippen molar-refractivity contribution in [3.05, 3.63) is 71.9 Å². The van der Waals surface area contributed by atoms with Gasteiger partial charge in [-0.3, -0.25) is 0 Å². The van der Waals surface area contributed by atoms with Crippen LogP contribution in [0.15, 0.2) is 60.8 Å². The van der Waals surface area contributed by atoms with E-state index in [1.54, 1.807) is 7.11 Å². The van der Waals surface area contributed by atoms with Gasteiger partial charge in [-0.25, -0.2) is 0 Å². The topological polar surface area (TPSA) is 69.3 Å². The normalized spacial score (nSPS) is 13.8. The Morgan fingerprint density at radius 2 is 1.81 bits per heavy atom. The highest BCUT2D eigenvalue weighted by Crippen LogP contribution is 2.26. The first-order valence-corrected chi connectivity index (χ1v) is 13.0. The molecule has 2 N–H and O–H groups in total. The van der Waals surface area contributed by atoms with Crippen LogP contribution in [0, 0.1) is 6.92 Å². The minimum Gasteiger partial charge on any atom is -0.383 e. The van der Waals surface area contributed by atoms with Crippen LogP contribution < -0.4 is 15.1 Å². The predicted molar refractivity (Wildman–Crippen MR) is 149 cm³/mol. The Morgan fingerprint density at radius 3 is 2.61 bits per heavy atom. The van der Waals surface area contributed by atoms with E-state index in [-0.39, 0.29) is 0 Å². The van der Waals surface area contributed by atoms with Crippen LogP contribution in [0.25, 0.3) is 10.9 Å². The average molecular weight is 485 g/mol. The molecule has 0 bridgehead atoms. The maximum atomic E-state index is 5.46. The van der Waals surface area contributed by atoms with E-state index in [0.29, 0.717) is 6.61 Å². The van der Waals surface area contributed by atoms with Crippen molar-refractivity contribution in [1.82, 2.24) is 15.0 Å². The fraction of sp³-hybridized carbons (Fsp3) is 0.379. The summed E-state index contributed by atoms with van der Waals surface area (Å²) >= 11 is 0. The maximum absolute atomic E-state index is 5.46. The molecule has 0 atom stereocenters. The highest BCUT2D eigenvalue weighted by Gasteiger charge is 2.18. The first-order chi connectivity index (χ1) is 17.7. The molecule has 0 radical (unpaired) electrons. The van der Waals surface area contributed by atoms with Crippen LogP contribution in [-0.2, 0) is 11.2 Å². The fourth-order valence-electron chi connectivity index (χ4n) is 4.80. The highest BCUT2D eigenvalue weighted by atomic mass is 16.5. The van der Waals surface area contributed by atoms with Crippen molar-refractivity contribution in [2.75, 3.05) is 55.0 Å². The lowest BCUT2D eigenvalue weighted by Gasteiger charge is -2.30. The Kier molecular flexibility index (Phi) is 7.67. The number of piperidine rings is 1. The standard InChI is InChI=1S/C29H36N6O/c1-22-10-12-24(13-11-22)31-27-20-28(34-15-6-3-7-16-34)33-29(32-27)35(18-19-36-2)17-14-23-21-30-26-9-5-4-8-25(23)26/h4-5,8-13,20-21,30H,3,6-7,14-19H2,1-2H3,(H,31,32,33). The van der Waals surface area contributed by atoms with E-state index in [0.717, 1.165) is 55.9 Å². The number of benzene rings is 2. The number of para-hydroxylation sites is 1. The second-order valence-electron chi connectivity index (χ2n) is 9.54. The Hall–Kier alpha value is -3.58. The monoisotopic (exact) mass is 484 g/mol. The highest BCUT2D eigenvalue weighted by molar-refractivity contribution is 5.83. The van der Waals surface area contributed by atoms with Crippen molar-refractivity contribution in [3.63, 3.8) is 0 Å². The van der Waals surface area contributed by atoms with Gasteiger partial charge in [0.05, 0.1) is 6.61 Å². The molecule has 3 heterocycles. The van der Waals surface area contributed by atoms with Crippen LogP contribution in [0.4, 0.5) is 23.3 Å². The van der Waals surface area contributed by atoms with Gasteiger partial charge < -0.3 is 24.8 Å². The maximum Gasteiger partial charge on any atom is 0.229 e. The summed E-state index contributed by atoms with van der Waals surface area (Å²) in [5.41, 5.74) is 4.74. The lowest BCUT2D eigenvalue weighted by atomic mass is 10.1. The number of anilines is 4. The van der Waals surface area contributed by atoms with Crippen LogP contribution in [0.2, 0.25) is 0 Å². The smallest absolute Gasteiger partial charge is 0.229 e. The molecule has 7 nitrogen and oxygen atoms in total. The molecule has 1 aliphatic heterocycles. The number of methoxy groups -OCH3 is 1. The van der Waals surface area contributed by atoms with Crippen LogP contribution in [0.3, 0.4) is 0 Å². The van der Waals surface area contributed by atoms with Gasteiger partial charge in [-0.2, -0.15) is 9.97 Å². The van der Waals surface area contributed by atoms with E-state index in [1.165, 1.54) is 41.3 Å². The molecule has 0 aliphatic carbocycles. The second-order valence-corrected chi connectivity index (χ2v) is 9.54. The Balaban J connectivity index is 1.44. The van der Waals surface area contributed by atoms with Gasteiger partial charge >= 0.3 is 0 Å². The van der Waals surface area contributed by atoms with Gasteiger partial charge in [-0.05, 0) is 56.4 Å². The number of fused-ring (bicyclic) bond motifs is 1. The van der Waals surface area contributed by atoms with E-state index in [2.05, 4.69) is 87.8 Å². The molecule has 2 aromatic carbocycles. The number of nitrogens with one attached hydrogen (secondary N) is 2. The molecule has 188 valence electrons. The van der Waals surface area contributed by atoms with Crippen LogP contribution >= 0.6 is 0 Å². The summed E-state index contributed by atoms with van der Waals surface area (Å²) < 4.78 is 5.46. The summed E-state index contributed by atoms with van der Waals surface area (Å²) in [6.07, 6.45) is 6.70. The van der Waals surface area contributed by atoms with E-state index in [4.69, 9.17) is 14.7 Å². The molecule has 1 aliphatic rings. The summed E-state index contributed by atoms with van der Waals surface area (Å²) in [4.78, 5) is 18.1. The number of hydrogen-bond donors (Lipinski definition) is 2. The number of aromatic nitrogens is 3. The summed E-state index contributed by atoms with van der Waals surface area (Å²) in [7, 11) is 1.74. The van der Waals surface area contributed by atoms with Crippen molar-refractivity contribution >= 4 is 34.2 Å². The lowest BCUT2D eigenvalue weighted by molar-refractivity contribution is 0.205. The molecule has 1 saturated heterocycles. The SMILES string of the molecule is COCCN(CCc1c[nH]c2ccccc12)c1nc(Nc2ccc(C)cc2)cc(N2CCCCC2)n1. The van der Waals surface area contributed by atoms with Crippen LogP contribution in [-0.4, -0.2) is 54.8 Å². The van der Waals surface area contributed by atoms with Crippen molar-refractivity contribution < 1.29 is 4.74 Å². The Labute approximate surface area is 213 Å². The quantitative estimate of drug-likeness (QED) is 0.301. The van der Waals surface area contributed by atoms with Gasteiger partial charge in [0.25, 0.3) is 0 Å². The Bertz CT molecular complexity index is 1260. The zero-order chi connectivity index (χ0) is 24.7. The molecule has 36 heavy (non-hydrogen) atoms. The third kappa shape index (κ3) is 5.79. The minimum atomic E-state index is 0.617. The van der Waals surface area contributed by atoms with Crippen LogP contribution in [0.1, 0.15) is 30.4 Å². The molecule has 0 saturated carbocycles. The van der Waals surface area contributed by atoms with E-state index >= 15 is 0 Å². The molecule has 0 unspecified atom stereocenters. The first kappa shape index (κ1) is 24.1. The van der Waals surface area contributed by atoms with Crippen molar-refractivity contribution in [3.8, 4) is 0 Å². The molecule has 7 heteroatoms. The summed E-state index contributed by atoms with van der Waals surface area (Å²) in [5.74, 6) is 2.55.